The average Bonchev–Trinajstić information content (AvgIpc) is 2.63. The molecule has 0 unspecified atom stereocenters. The minimum atomic E-state index is -1.47. The van der Waals surface area contributed by atoms with Gasteiger partial charge in [-0.25, -0.2) is 0 Å². The van der Waals surface area contributed by atoms with Crippen molar-refractivity contribution >= 4 is 30.3 Å². The molecule has 1 fully saturated rings. The van der Waals surface area contributed by atoms with Gasteiger partial charge in [-0.3, -0.25) is 4.79 Å². The summed E-state index contributed by atoms with van der Waals surface area (Å²) >= 11 is 5.07. The summed E-state index contributed by atoms with van der Waals surface area (Å²) in [5.41, 5.74) is 5.63. The fourth-order valence-corrected chi connectivity index (χ4v) is 2.17. The van der Waals surface area contributed by atoms with Crippen LogP contribution in [-0.4, -0.2) is 56.7 Å². The van der Waals surface area contributed by atoms with Gasteiger partial charge in [0.1, 0.15) is 0 Å². The molecule has 0 bridgehead atoms. The van der Waals surface area contributed by atoms with E-state index in [0.29, 0.717) is 13.0 Å². The lowest BCUT2D eigenvalue weighted by molar-refractivity contribution is -0.137. The summed E-state index contributed by atoms with van der Waals surface area (Å²) in [6, 6.07) is -0.758. The van der Waals surface area contributed by atoms with Crippen molar-refractivity contribution in [3.8, 4) is 0 Å². The maximum Gasteiger partial charge on any atom is 0.475 e. The van der Waals surface area contributed by atoms with Crippen molar-refractivity contribution in [1.82, 2.24) is 4.90 Å². The fraction of sp³-hybridized carbons (Fsp3) is 0.750. The molecule has 2 atom stereocenters. The number of nitrogens with two attached hydrogens (primary N) is 1. The maximum atomic E-state index is 10.5. The summed E-state index contributed by atoms with van der Waals surface area (Å²) in [6.07, 6.45) is 1.17. The maximum absolute atomic E-state index is 10.5. The van der Waals surface area contributed by atoms with E-state index in [1.54, 1.807) is 4.90 Å². The second kappa shape index (κ2) is 5.58. The van der Waals surface area contributed by atoms with Crippen molar-refractivity contribution in [2.24, 2.45) is 5.73 Å². The molecular weight excluding hydrogens is 231 g/mol. The first-order valence-corrected chi connectivity index (χ1v) is 5.48. The third-order valence-electron chi connectivity index (χ3n) is 2.64. The second-order valence-electron chi connectivity index (χ2n) is 3.86. The smallest absolute Gasteiger partial charge is 0.475 e. The van der Waals surface area contributed by atoms with Gasteiger partial charge in [0.25, 0.3) is 0 Å². The molecule has 1 aliphatic heterocycles. The molecule has 5 N–H and O–H groups in total. The molecular formula is C8H15BN2O4S. The zero-order chi connectivity index (χ0) is 12.3. The summed E-state index contributed by atoms with van der Waals surface area (Å²) in [6.45, 7) is 0.592. The highest BCUT2D eigenvalue weighted by atomic mass is 32.1. The SMILES string of the molecule is N[C@@H](CC(=O)O)C(=S)N1CCC[C@H]1B(O)O. The molecule has 90 valence electrons. The molecule has 0 aliphatic carbocycles. The summed E-state index contributed by atoms with van der Waals surface area (Å²) in [7, 11) is -1.47. The molecule has 0 aromatic carbocycles. The highest BCUT2D eigenvalue weighted by Crippen LogP contribution is 2.20. The molecule has 0 aromatic heterocycles. The first-order chi connectivity index (χ1) is 7.43. The lowest BCUT2D eigenvalue weighted by Crippen LogP contribution is -2.50. The van der Waals surface area contributed by atoms with Crippen molar-refractivity contribution in [3.63, 3.8) is 0 Å². The lowest BCUT2D eigenvalue weighted by Gasteiger charge is -2.29. The van der Waals surface area contributed by atoms with Crippen LogP contribution in [0.5, 0.6) is 0 Å². The highest BCUT2D eigenvalue weighted by Gasteiger charge is 2.36. The Morgan fingerprint density at radius 2 is 2.25 bits per heavy atom. The third kappa shape index (κ3) is 3.15. The minimum absolute atomic E-state index is 0.246. The highest BCUT2D eigenvalue weighted by molar-refractivity contribution is 7.80. The van der Waals surface area contributed by atoms with Crippen molar-refractivity contribution in [2.75, 3.05) is 6.54 Å². The molecule has 1 rings (SSSR count). The van der Waals surface area contributed by atoms with Crippen LogP contribution in [0, 0.1) is 0 Å². The fourth-order valence-electron chi connectivity index (χ4n) is 1.86. The number of thiocarbonyl (C=S) groups is 1. The van der Waals surface area contributed by atoms with Crippen LogP contribution in [0.15, 0.2) is 0 Å². The normalized spacial score (nSPS) is 21.9. The Labute approximate surface area is 99.2 Å². The number of likely N-dealkylation sites (tertiary alicyclic amines) is 1. The largest absolute Gasteiger partial charge is 0.481 e. The first kappa shape index (κ1) is 13.4. The van der Waals surface area contributed by atoms with Gasteiger partial charge in [-0.15, -0.1) is 0 Å². The van der Waals surface area contributed by atoms with E-state index in [-0.39, 0.29) is 11.4 Å². The van der Waals surface area contributed by atoms with Crippen molar-refractivity contribution in [2.45, 2.75) is 31.2 Å². The van der Waals surface area contributed by atoms with E-state index < -0.39 is 25.1 Å². The van der Waals surface area contributed by atoms with Gasteiger partial charge in [0.05, 0.1) is 23.4 Å². The third-order valence-corrected chi connectivity index (χ3v) is 3.18. The summed E-state index contributed by atoms with van der Waals surface area (Å²) in [4.78, 5) is 12.4. The predicted molar refractivity (Wildman–Crippen MR) is 62.7 cm³/mol. The van der Waals surface area contributed by atoms with Gasteiger partial charge in [0.2, 0.25) is 0 Å². The summed E-state index contributed by atoms with van der Waals surface area (Å²) in [5.74, 6) is -1.48. The number of nitrogens with zero attached hydrogens (tertiary/aromatic N) is 1. The molecule has 1 heterocycles. The van der Waals surface area contributed by atoms with E-state index in [4.69, 9.17) is 33.1 Å². The van der Waals surface area contributed by atoms with Crippen LogP contribution in [0.1, 0.15) is 19.3 Å². The quantitative estimate of drug-likeness (QED) is 0.356. The van der Waals surface area contributed by atoms with Crippen molar-refractivity contribution in [1.29, 1.82) is 0 Å². The monoisotopic (exact) mass is 246 g/mol. The minimum Gasteiger partial charge on any atom is -0.481 e. The van der Waals surface area contributed by atoms with Crippen LogP contribution in [0.2, 0.25) is 0 Å². The number of hydrogen-bond acceptors (Lipinski definition) is 5. The van der Waals surface area contributed by atoms with Crippen LogP contribution in [0.25, 0.3) is 0 Å². The van der Waals surface area contributed by atoms with E-state index in [1.807, 2.05) is 0 Å². The molecule has 6 nitrogen and oxygen atoms in total. The number of aliphatic carboxylic acids is 1. The standard InChI is InChI=1S/C8H15BN2O4S/c10-5(4-7(12)13)8(16)11-3-1-2-6(11)9(14)15/h5-6,14-15H,1-4,10H2,(H,12,13)/t5-,6-/m0/s1. The first-order valence-electron chi connectivity index (χ1n) is 5.07. The molecule has 1 aliphatic rings. The molecule has 0 radical (unpaired) electrons. The molecule has 8 heteroatoms. The Bertz CT molecular complexity index is 289. The van der Waals surface area contributed by atoms with Crippen LogP contribution in [-0.2, 0) is 4.79 Å². The second-order valence-corrected chi connectivity index (χ2v) is 4.28. The molecule has 0 spiro atoms. The van der Waals surface area contributed by atoms with Crippen molar-refractivity contribution in [3.05, 3.63) is 0 Å². The number of rotatable bonds is 4. The van der Waals surface area contributed by atoms with Gasteiger partial charge in [0, 0.05) is 6.54 Å². The predicted octanol–water partition coefficient (Wildman–Crippen LogP) is -1.41. The number of carbonyl (C=O) groups is 1. The van der Waals surface area contributed by atoms with E-state index in [1.165, 1.54) is 0 Å². The Balaban J connectivity index is 2.62. The lowest BCUT2D eigenvalue weighted by atomic mass is 9.78. The topological polar surface area (TPSA) is 107 Å². The Morgan fingerprint density at radius 1 is 1.62 bits per heavy atom. The van der Waals surface area contributed by atoms with Crippen LogP contribution >= 0.6 is 12.2 Å². The Hall–Kier alpha value is -0.695. The molecule has 0 saturated carbocycles. The van der Waals surface area contributed by atoms with Crippen molar-refractivity contribution < 1.29 is 19.9 Å². The van der Waals surface area contributed by atoms with Gasteiger partial charge in [0.15, 0.2) is 0 Å². The van der Waals surface area contributed by atoms with Gasteiger partial charge in [-0.1, -0.05) is 12.2 Å². The average molecular weight is 246 g/mol. The van der Waals surface area contributed by atoms with Gasteiger partial charge < -0.3 is 25.8 Å². The number of hydrogen-bond donors (Lipinski definition) is 4. The van der Waals surface area contributed by atoms with Gasteiger partial charge in [-0.05, 0) is 12.8 Å². The zero-order valence-corrected chi connectivity index (χ0v) is 9.56. The van der Waals surface area contributed by atoms with E-state index in [9.17, 15) is 4.79 Å². The van der Waals surface area contributed by atoms with Gasteiger partial charge >= 0.3 is 13.1 Å². The summed E-state index contributed by atoms with van der Waals surface area (Å²) < 4.78 is 0. The van der Waals surface area contributed by atoms with E-state index in [0.717, 1.165) is 6.42 Å². The van der Waals surface area contributed by atoms with Gasteiger partial charge in [-0.2, -0.15) is 0 Å². The number of carboxylic acid groups (broad SMARTS) is 1. The Morgan fingerprint density at radius 3 is 2.75 bits per heavy atom. The Kier molecular flexibility index (Phi) is 4.66. The van der Waals surface area contributed by atoms with E-state index in [2.05, 4.69) is 0 Å². The molecule has 1 saturated heterocycles. The molecule has 16 heavy (non-hydrogen) atoms. The molecule has 0 amide bonds. The summed E-state index contributed by atoms with van der Waals surface area (Å²) in [5, 5.41) is 26.9. The van der Waals surface area contributed by atoms with E-state index >= 15 is 0 Å². The zero-order valence-electron chi connectivity index (χ0n) is 8.74. The van der Waals surface area contributed by atoms with Crippen LogP contribution in [0.4, 0.5) is 0 Å². The number of carboxylic acids is 1. The molecule has 0 aromatic rings. The van der Waals surface area contributed by atoms with Crippen LogP contribution in [0.3, 0.4) is 0 Å². The van der Waals surface area contributed by atoms with Crippen LogP contribution < -0.4 is 5.73 Å².